The number of hydrogen-bond donors (Lipinski definition) is 1. The molecule has 2 rings (SSSR count). The fourth-order valence-electron chi connectivity index (χ4n) is 2.06. The third kappa shape index (κ3) is 3.44. The summed E-state index contributed by atoms with van der Waals surface area (Å²) in [6, 6.07) is 5.65. The van der Waals surface area contributed by atoms with Crippen LogP contribution in [0.1, 0.15) is 24.0 Å². The van der Waals surface area contributed by atoms with Crippen LogP contribution in [0.2, 0.25) is 0 Å². The van der Waals surface area contributed by atoms with Crippen LogP contribution in [0.15, 0.2) is 27.5 Å². The Bertz CT molecular complexity index is 698. The van der Waals surface area contributed by atoms with Crippen LogP contribution in [0.5, 0.6) is 11.5 Å². The SMILES string of the molecule is CCc1nc(Cc2ccc(OC)c(OC)c2)[nH]c(=O)c1Br. The van der Waals surface area contributed by atoms with Crippen LogP contribution in [-0.4, -0.2) is 24.2 Å². The molecule has 0 aliphatic heterocycles. The van der Waals surface area contributed by atoms with Gasteiger partial charge in [0.1, 0.15) is 10.3 Å². The number of nitrogens with zero attached hydrogens (tertiary/aromatic N) is 1. The molecule has 5 nitrogen and oxygen atoms in total. The Morgan fingerprint density at radius 1 is 1.24 bits per heavy atom. The summed E-state index contributed by atoms with van der Waals surface area (Å²) in [6.07, 6.45) is 1.22. The van der Waals surface area contributed by atoms with Crippen molar-refractivity contribution in [2.24, 2.45) is 0 Å². The highest BCUT2D eigenvalue weighted by molar-refractivity contribution is 9.10. The van der Waals surface area contributed by atoms with Gasteiger partial charge < -0.3 is 14.5 Å². The van der Waals surface area contributed by atoms with Crippen molar-refractivity contribution in [3.05, 3.63) is 50.1 Å². The van der Waals surface area contributed by atoms with Crippen molar-refractivity contribution >= 4 is 15.9 Å². The lowest BCUT2D eigenvalue weighted by Crippen LogP contribution is -2.15. The van der Waals surface area contributed by atoms with Crippen molar-refractivity contribution < 1.29 is 9.47 Å². The third-order valence-corrected chi connectivity index (χ3v) is 3.95. The van der Waals surface area contributed by atoms with Gasteiger partial charge in [0.25, 0.3) is 5.56 Å². The fourth-order valence-corrected chi connectivity index (χ4v) is 2.53. The van der Waals surface area contributed by atoms with E-state index < -0.39 is 0 Å². The molecule has 0 unspecified atom stereocenters. The molecule has 2 aromatic rings. The first kappa shape index (κ1) is 15.6. The summed E-state index contributed by atoms with van der Waals surface area (Å²) < 4.78 is 11.0. The average molecular weight is 353 g/mol. The maximum Gasteiger partial charge on any atom is 0.265 e. The molecular formula is C15H17BrN2O3. The lowest BCUT2D eigenvalue weighted by molar-refractivity contribution is 0.354. The number of nitrogens with one attached hydrogen (secondary N) is 1. The van der Waals surface area contributed by atoms with Crippen LogP contribution in [0.4, 0.5) is 0 Å². The zero-order chi connectivity index (χ0) is 15.4. The molecule has 6 heteroatoms. The van der Waals surface area contributed by atoms with E-state index in [1.807, 2.05) is 25.1 Å². The number of aromatic nitrogens is 2. The van der Waals surface area contributed by atoms with Gasteiger partial charge in [-0.05, 0) is 40.0 Å². The van der Waals surface area contributed by atoms with Gasteiger partial charge >= 0.3 is 0 Å². The van der Waals surface area contributed by atoms with E-state index in [4.69, 9.17) is 9.47 Å². The van der Waals surface area contributed by atoms with Crippen molar-refractivity contribution in [1.29, 1.82) is 0 Å². The average Bonchev–Trinajstić information content (AvgIpc) is 2.50. The number of aryl methyl sites for hydroxylation is 1. The zero-order valence-corrected chi connectivity index (χ0v) is 13.8. The van der Waals surface area contributed by atoms with E-state index in [1.54, 1.807) is 14.2 Å². The summed E-state index contributed by atoms with van der Waals surface area (Å²) >= 11 is 3.26. The van der Waals surface area contributed by atoms with E-state index in [9.17, 15) is 4.79 Å². The second-order valence-corrected chi connectivity index (χ2v) is 5.29. The molecule has 1 heterocycles. The van der Waals surface area contributed by atoms with Gasteiger partial charge in [-0.3, -0.25) is 4.79 Å². The van der Waals surface area contributed by atoms with Crippen LogP contribution in [-0.2, 0) is 12.8 Å². The number of rotatable bonds is 5. The molecule has 1 aromatic heterocycles. The number of halogens is 1. The molecule has 21 heavy (non-hydrogen) atoms. The van der Waals surface area contributed by atoms with E-state index >= 15 is 0 Å². The highest BCUT2D eigenvalue weighted by Crippen LogP contribution is 2.28. The summed E-state index contributed by atoms with van der Waals surface area (Å²) in [6.45, 7) is 1.97. The number of H-pyrrole nitrogens is 1. The van der Waals surface area contributed by atoms with E-state index in [0.717, 1.165) is 11.3 Å². The lowest BCUT2D eigenvalue weighted by atomic mass is 10.1. The minimum absolute atomic E-state index is 0.155. The Hall–Kier alpha value is -1.82. The Labute approximate surface area is 131 Å². The standard InChI is InChI=1S/C15H17BrN2O3/c1-4-10-14(16)15(19)18-13(17-10)8-9-5-6-11(20-2)12(7-9)21-3/h5-7H,4,8H2,1-3H3,(H,17,18,19). The predicted molar refractivity (Wildman–Crippen MR) is 84.3 cm³/mol. The molecule has 0 saturated carbocycles. The van der Waals surface area contributed by atoms with Gasteiger partial charge in [-0.1, -0.05) is 13.0 Å². The van der Waals surface area contributed by atoms with E-state index in [0.29, 0.717) is 34.6 Å². The molecule has 0 radical (unpaired) electrons. The number of benzene rings is 1. The lowest BCUT2D eigenvalue weighted by Gasteiger charge is -2.10. The molecule has 0 aliphatic rings. The molecule has 0 spiro atoms. The minimum atomic E-state index is -0.155. The largest absolute Gasteiger partial charge is 0.493 e. The molecule has 0 amide bonds. The first-order valence-electron chi connectivity index (χ1n) is 6.57. The Morgan fingerprint density at radius 2 is 1.95 bits per heavy atom. The maximum absolute atomic E-state index is 11.8. The Kier molecular flexibility index (Phi) is 5.01. The maximum atomic E-state index is 11.8. The van der Waals surface area contributed by atoms with Gasteiger partial charge in [-0.15, -0.1) is 0 Å². The Morgan fingerprint density at radius 3 is 2.57 bits per heavy atom. The van der Waals surface area contributed by atoms with Crippen molar-refractivity contribution in [2.45, 2.75) is 19.8 Å². The van der Waals surface area contributed by atoms with Crippen LogP contribution in [0.3, 0.4) is 0 Å². The van der Waals surface area contributed by atoms with Crippen molar-refractivity contribution in [3.8, 4) is 11.5 Å². The summed E-state index contributed by atoms with van der Waals surface area (Å²) in [5.41, 5.74) is 1.59. The third-order valence-electron chi connectivity index (χ3n) is 3.13. The van der Waals surface area contributed by atoms with Crippen LogP contribution < -0.4 is 15.0 Å². The number of hydrogen-bond acceptors (Lipinski definition) is 4. The monoisotopic (exact) mass is 352 g/mol. The molecule has 0 aliphatic carbocycles. The summed E-state index contributed by atoms with van der Waals surface area (Å²) in [7, 11) is 3.19. The fraction of sp³-hybridized carbons (Fsp3) is 0.333. The minimum Gasteiger partial charge on any atom is -0.493 e. The predicted octanol–water partition coefficient (Wildman–Crippen LogP) is 2.70. The summed E-state index contributed by atoms with van der Waals surface area (Å²) in [5, 5.41) is 0. The van der Waals surface area contributed by atoms with Crippen molar-refractivity contribution in [3.63, 3.8) is 0 Å². The molecule has 1 N–H and O–H groups in total. The first-order chi connectivity index (χ1) is 10.1. The van der Waals surface area contributed by atoms with Crippen molar-refractivity contribution in [2.75, 3.05) is 14.2 Å². The number of methoxy groups -OCH3 is 2. The smallest absolute Gasteiger partial charge is 0.265 e. The molecular weight excluding hydrogens is 336 g/mol. The first-order valence-corrected chi connectivity index (χ1v) is 7.36. The molecule has 0 bridgehead atoms. The summed E-state index contributed by atoms with van der Waals surface area (Å²) in [5.74, 6) is 1.96. The van der Waals surface area contributed by atoms with Gasteiger partial charge in [0.05, 0.1) is 19.9 Å². The van der Waals surface area contributed by atoms with E-state index in [2.05, 4.69) is 25.9 Å². The number of aromatic amines is 1. The van der Waals surface area contributed by atoms with E-state index in [1.165, 1.54) is 0 Å². The molecule has 0 fully saturated rings. The normalized spacial score (nSPS) is 10.5. The van der Waals surface area contributed by atoms with Gasteiger partial charge in [0.15, 0.2) is 11.5 Å². The summed E-state index contributed by atoms with van der Waals surface area (Å²) in [4.78, 5) is 19.1. The second kappa shape index (κ2) is 6.76. The zero-order valence-electron chi connectivity index (χ0n) is 12.2. The van der Waals surface area contributed by atoms with Crippen LogP contribution in [0.25, 0.3) is 0 Å². The van der Waals surface area contributed by atoms with Gasteiger partial charge in [-0.2, -0.15) is 0 Å². The van der Waals surface area contributed by atoms with Gasteiger partial charge in [0.2, 0.25) is 0 Å². The Balaban J connectivity index is 2.34. The second-order valence-electron chi connectivity index (χ2n) is 4.49. The van der Waals surface area contributed by atoms with Gasteiger partial charge in [-0.25, -0.2) is 4.98 Å². The van der Waals surface area contributed by atoms with Crippen molar-refractivity contribution in [1.82, 2.24) is 9.97 Å². The topological polar surface area (TPSA) is 64.2 Å². The highest BCUT2D eigenvalue weighted by Gasteiger charge is 2.10. The van der Waals surface area contributed by atoms with Gasteiger partial charge in [0, 0.05) is 6.42 Å². The van der Waals surface area contributed by atoms with Crippen LogP contribution in [0, 0.1) is 0 Å². The molecule has 0 atom stereocenters. The van der Waals surface area contributed by atoms with E-state index in [-0.39, 0.29) is 5.56 Å². The number of ether oxygens (including phenoxy) is 2. The molecule has 1 aromatic carbocycles. The van der Waals surface area contributed by atoms with Crippen LogP contribution >= 0.6 is 15.9 Å². The quantitative estimate of drug-likeness (QED) is 0.898. The molecule has 0 saturated heterocycles. The highest BCUT2D eigenvalue weighted by atomic mass is 79.9. The molecule has 112 valence electrons.